The van der Waals surface area contributed by atoms with E-state index in [4.69, 9.17) is 0 Å². The van der Waals surface area contributed by atoms with Crippen LogP contribution >= 0.6 is 22.4 Å². The van der Waals surface area contributed by atoms with Crippen LogP contribution in [0.1, 0.15) is 41.5 Å². The second-order valence-corrected chi connectivity index (χ2v) is 24.8. The normalized spacial score (nSPS) is 15.2. The van der Waals surface area contributed by atoms with Gasteiger partial charge >= 0.3 is 0 Å². The quantitative estimate of drug-likeness (QED) is 0.730. The Balaban J connectivity index is 4.59. The van der Waals surface area contributed by atoms with E-state index in [1.165, 1.54) is 0 Å². The Bertz CT molecular complexity index is 226. The Hall–Kier alpha value is 1.09. The van der Waals surface area contributed by atoms with E-state index in [9.17, 15) is 0 Å². The number of nitrogens with one attached hydrogen (secondary N) is 1. The molecular weight excluding hydrogens is 278 g/mol. The smallest absolute Gasteiger partial charge is 0.176 e. The number of rotatable bonds is 4. The Morgan fingerprint density at radius 3 is 1.06 bits per heavy atom. The lowest BCUT2D eigenvalue weighted by Crippen LogP contribution is -2.58. The van der Waals surface area contributed by atoms with Gasteiger partial charge in [-0.05, 0) is 26.2 Å². The van der Waals surface area contributed by atoms with Crippen LogP contribution in [-0.2, 0) is 0 Å². The van der Waals surface area contributed by atoms with Crippen molar-refractivity contribution >= 4 is 37.2 Å². The van der Waals surface area contributed by atoms with Gasteiger partial charge in [0.2, 0.25) is 0 Å². The fourth-order valence-corrected chi connectivity index (χ4v) is 26.9. The fraction of sp³-hybridized carbons (Fsp3) is 1.00. The molecule has 0 aliphatic heterocycles. The van der Waals surface area contributed by atoms with Crippen LogP contribution in [0.4, 0.5) is 0 Å². The van der Waals surface area contributed by atoms with E-state index in [-0.39, 0.29) is 0 Å². The molecular formula is C12H31NS2Si2. The van der Waals surface area contributed by atoms with Crippen molar-refractivity contribution in [1.29, 1.82) is 0 Å². The van der Waals surface area contributed by atoms with Crippen LogP contribution in [0.5, 0.6) is 0 Å². The molecule has 0 aliphatic carbocycles. The molecule has 5 heteroatoms. The summed E-state index contributed by atoms with van der Waals surface area (Å²) in [6, 6.07) is 0. The van der Waals surface area contributed by atoms with Crippen molar-refractivity contribution < 1.29 is 0 Å². The minimum Gasteiger partial charge on any atom is -0.343 e. The van der Waals surface area contributed by atoms with Crippen molar-refractivity contribution in [2.75, 3.05) is 0 Å². The molecule has 17 heavy (non-hydrogen) atoms. The van der Waals surface area contributed by atoms with Gasteiger partial charge in [0.1, 0.15) is 0 Å². The van der Waals surface area contributed by atoms with E-state index in [2.05, 4.69) is 94.8 Å². The van der Waals surface area contributed by atoms with Gasteiger partial charge in [-0.1, -0.05) is 41.5 Å². The highest BCUT2D eigenvalue weighted by atomic mass is 32.4. The first kappa shape index (κ1) is 18.1. The zero-order valence-corrected chi connectivity index (χ0v) is 16.9. The van der Waals surface area contributed by atoms with Gasteiger partial charge in [0, 0.05) is 9.49 Å². The second-order valence-electron chi connectivity index (χ2n) is 7.57. The summed E-state index contributed by atoms with van der Waals surface area (Å²) in [4.78, 5) is 0. The molecule has 0 fully saturated rings. The zero-order chi connectivity index (χ0) is 14.1. The first-order valence-corrected chi connectivity index (χ1v) is 15.4. The monoisotopic (exact) mass is 309 g/mol. The van der Waals surface area contributed by atoms with E-state index >= 15 is 0 Å². The fourth-order valence-electron chi connectivity index (χ4n) is 2.31. The highest BCUT2D eigenvalue weighted by Crippen LogP contribution is 2.36. The molecule has 0 atom stereocenters. The van der Waals surface area contributed by atoms with E-state index in [0.29, 0.717) is 9.49 Å². The molecule has 0 aromatic rings. The highest BCUT2D eigenvalue weighted by molar-refractivity contribution is 8.32. The summed E-state index contributed by atoms with van der Waals surface area (Å²) in [5.41, 5.74) is 0. The summed E-state index contributed by atoms with van der Waals surface area (Å²) in [7, 11) is -2.73. The number of hydrogen-bond acceptors (Lipinski definition) is 3. The Morgan fingerprint density at radius 1 is 0.647 bits per heavy atom. The minimum atomic E-state index is -1.37. The van der Waals surface area contributed by atoms with Gasteiger partial charge in [-0.15, -0.1) is 0 Å². The molecule has 0 aromatic carbocycles. The van der Waals surface area contributed by atoms with Crippen molar-refractivity contribution in [3.8, 4) is 0 Å². The van der Waals surface area contributed by atoms with E-state index < -0.39 is 14.8 Å². The van der Waals surface area contributed by atoms with Crippen LogP contribution in [0.2, 0.25) is 26.2 Å². The minimum absolute atomic E-state index is 0.361. The summed E-state index contributed by atoms with van der Waals surface area (Å²) in [6.45, 7) is 23.7. The summed E-state index contributed by atoms with van der Waals surface area (Å²) in [5.74, 6) is 0. The third-order valence-electron chi connectivity index (χ3n) is 1.72. The topological polar surface area (TPSA) is 12.0 Å². The molecule has 0 saturated heterocycles. The average Bonchev–Trinajstić information content (AvgIpc) is 1.65. The standard InChI is InChI=1S/C12H31NS2Si2/c1-11(2,3)14-16(7,8)13-17(9,10)15-12(4,5)6/h13H,1-10H3. The molecule has 1 nitrogen and oxygen atoms in total. The lowest BCUT2D eigenvalue weighted by atomic mass is 10.3. The molecule has 0 unspecified atom stereocenters. The molecule has 1 N–H and O–H groups in total. The molecule has 0 aromatic heterocycles. The maximum atomic E-state index is 4.05. The van der Waals surface area contributed by atoms with Crippen LogP contribution in [0, 0.1) is 0 Å². The molecule has 0 heterocycles. The van der Waals surface area contributed by atoms with Crippen molar-refractivity contribution in [3.63, 3.8) is 0 Å². The highest BCUT2D eigenvalue weighted by Gasteiger charge is 2.37. The molecule has 0 bridgehead atoms. The van der Waals surface area contributed by atoms with Gasteiger partial charge in [-0.3, -0.25) is 0 Å². The van der Waals surface area contributed by atoms with Crippen molar-refractivity contribution in [1.82, 2.24) is 4.65 Å². The van der Waals surface area contributed by atoms with Crippen LogP contribution in [-0.4, -0.2) is 24.3 Å². The first-order valence-electron chi connectivity index (χ1n) is 6.32. The van der Waals surface area contributed by atoms with Crippen molar-refractivity contribution in [3.05, 3.63) is 0 Å². The van der Waals surface area contributed by atoms with Crippen LogP contribution in [0.3, 0.4) is 0 Å². The molecule has 0 radical (unpaired) electrons. The Kier molecular flexibility index (Phi) is 5.97. The van der Waals surface area contributed by atoms with Gasteiger partial charge in [0.15, 0.2) is 14.8 Å². The van der Waals surface area contributed by atoms with Crippen LogP contribution in [0.25, 0.3) is 0 Å². The van der Waals surface area contributed by atoms with Gasteiger partial charge in [-0.25, -0.2) is 0 Å². The predicted octanol–water partition coefficient (Wildman–Crippen LogP) is 5.04. The Morgan fingerprint density at radius 2 is 0.882 bits per heavy atom. The molecule has 0 rings (SSSR count). The second kappa shape index (κ2) is 5.61. The lowest BCUT2D eigenvalue weighted by molar-refractivity contribution is 0.808. The molecule has 104 valence electrons. The summed E-state index contributed by atoms with van der Waals surface area (Å²) < 4.78 is 4.77. The lowest BCUT2D eigenvalue weighted by Gasteiger charge is -2.39. The van der Waals surface area contributed by atoms with E-state index in [1.807, 2.05) is 0 Å². The van der Waals surface area contributed by atoms with Gasteiger partial charge in [0.05, 0.1) is 0 Å². The average molecular weight is 310 g/mol. The zero-order valence-electron chi connectivity index (χ0n) is 13.3. The summed E-state index contributed by atoms with van der Waals surface area (Å²) in [6.07, 6.45) is 0. The van der Waals surface area contributed by atoms with Gasteiger partial charge in [0.25, 0.3) is 0 Å². The van der Waals surface area contributed by atoms with E-state index in [1.54, 1.807) is 0 Å². The largest absolute Gasteiger partial charge is 0.343 e. The van der Waals surface area contributed by atoms with Gasteiger partial charge < -0.3 is 4.65 Å². The van der Waals surface area contributed by atoms with Crippen LogP contribution in [0.15, 0.2) is 0 Å². The maximum absolute atomic E-state index is 4.05. The third-order valence-corrected chi connectivity index (χ3v) is 17.4. The van der Waals surface area contributed by atoms with E-state index in [0.717, 1.165) is 0 Å². The van der Waals surface area contributed by atoms with Crippen molar-refractivity contribution in [2.45, 2.75) is 77.2 Å². The number of hydrogen-bond donors (Lipinski definition) is 1. The predicted molar refractivity (Wildman–Crippen MR) is 92.8 cm³/mol. The summed E-state index contributed by atoms with van der Waals surface area (Å²) in [5, 5.41) is 0. The molecule has 0 saturated carbocycles. The molecule has 0 amide bonds. The third kappa shape index (κ3) is 10.7. The Labute approximate surface area is 119 Å². The summed E-state index contributed by atoms with van der Waals surface area (Å²) >= 11 is 4.32. The van der Waals surface area contributed by atoms with Gasteiger partial charge in [-0.2, -0.15) is 22.4 Å². The van der Waals surface area contributed by atoms with Crippen molar-refractivity contribution in [2.24, 2.45) is 0 Å². The maximum Gasteiger partial charge on any atom is 0.176 e. The molecule has 0 spiro atoms. The first-order chi connectivity index (χ1) is 7.12. The SMILES string of the molecule is CC(C)(C)S[Si](C)(C)N[Si](C)(C)SC(C)(C)C. The molecule has 0 aliphatic rings. The van der Waals surface area contributed by atoms with Crippen LogP contribution < -0.4 is 4.65 Å².